The predicted molar refractivity (Wildman–Crippen MR) is 112 cm³/mol. The van der Waals surface area contributed by atoms with Gasteiger partial charge in [-0.15, -0.1) is 10.2 Å². The van der Waals surface area contributed by atoms with Gasteiger partial charge >= 0.3 is 6.18 Å². The first-order valence-corrected chi connectivity index (χ1v) is 12.6. The van der Waals surface area contributed by atoms with E-state index in [0.717, 1.165) is 45.3 Å². The predicted octanol–water partition coefficient (Wildman–Crippen LogP) is 4.24. The van der Waals surface area contributed by atoms with Crippen LogP contribution < -0.4 is 9.62 Å². The van der Waals surface area contributed by atoms with E-state index in [1.165, 1.54) is 29.2 Å². The summed E-state index contributed by atoms with van der Waals surface area (Å²) in [4.78, 5) is 12.1. The highest BCUT2D eigenvalue weighted by atomic mass is 32.2. The summed E-state index contributed by atoms with van der Waals surface area (Å²) in [5, 5.41) is 10.8. The molecule has 0 spiro atoms. The zero-order valence-corrected chi connectivity index (χ0v) is 18.7. The zero-order chi connectivity index (χ0) is 22.4. The molecular formula is C17H21F3N4O3S3. The number of amides is 1. The Labute approximate surface area is 181 Å². The second kappa shape index (κ2) is 10.4. The van der Waals surface area contributed by atoms with Crippen LogP contribution in [0.3, 0.4) is 0 Å². The van der Waals surface area contributed by atoms with Gasteiger partial charge in [-0.2, -0.15) is 13.2 Å². The molecule has 0 saturated carbocycles. The van der Waals surface area contributed by atoms with E-state index in [1.807, 2.05) is 6.92 Å². The first kappa shape index (κ1) is 24.4. The van der Waals surface area contributed by atoms with E-state index in [1.54, 1.807) is 0 Å². The summed E-state index contributed by atoms with van der Waals surface area (Å²) in [6.07, 6.45) is -2.61. The van der Waals surface area contributed by atoms with Crippen molar-refractivity contribution in [2.75, 3.05) is 28.2 Å². The van der Waals surface area contributed by atoms with Crippen molar-refractivity contribution in [3.63, 3.8) is 0 Å². The monoisotopic (exact) mass is 482 g/mol. The van der Waals surface area contributed by atoms with Crippen LogP contribution >= 0.6 is 23.1 Å². The SMILES string of the molecule is CCCSc1nnc(NC(=O)CCCN(c2cccc(C(F)(F)F)c2)S(C)(=O)=O)s1. The van der Waals surface area contributed by atoms with Crippen molar-refractivity contribution >= 4 is 49.8 Å². The molecule has 166 valence electrons. The average Bonchev–Trinajstić information content (AvgIpc) is 3.09. The van der Waals surface area contributed by atoms with Crippen molar-refractivity contribution in [3.05, 3.63) is 29.8 Å². The minimum absolute atomic E-state index is 0.0258. The van der Waals surface area contributed by atoms with Gasteiger partial charge in [0.2, 0.25) is 21.1 Å². The minimum Gasteiger partial charge on any atom is -0.301 e. The van der Waals surface area contributed by atoms with Crippen LogP contribution in [0.25, 0.3) is 0 Å². The van der Waals surface area contributed by atoms with Crippen LogP contribution in [0, 0.1) is 0 Å². The first-order chi connectivity index (χ1) is 14.0. The number of hydrogen-bond donors (Lipinski definition) is 1. The van der Waals surface area contributed by atoms with Crippen molar-refractivity contribution in [1.29, 1.82) is 0 Å². The third-order valence-electron chi connectivity index (χ3n) is 3.71. The number of anilines is 2. The highest BCUT2D eigenvalue weighted by Crippen LogP contribution is 2.32. The summed E-state index contributed by atoms with van der Waals surface area (Å²) < 4.78 is 64.5. The maximum atomic E-state index is 12.9. The Hall–Kier alpha value is -1.86. The Morgan fingerprint density at radius 3 is 2.67 bits per heavy atom. The molecule has 2 aromatic rings. The van der Waals surface area contributed by atoms with E-state index in [-0.39, 0.29) is 31.0 Å². The number of halogens is 3. The molecule has 0 aliphatic rings. The van der Waals surface area contributed by atoms with Gasteiger partial charge in [-0.25, -0.2) is 8.42 Å². The van der Waals surface area contributed by atoms with Crippen LogP contribution in [-0.2, 0) is 21.0 Å². The summed E-state index contributed by atoms with van der Waals surface area (Å²) in [5.41, 5.74) is -1.05. The van der Waals surface area contributed by atoms with Gasteiger partial charge in [0.15, 0.2) is 4.34 Å². The van der Waals surface area contributed by atoms with E-state index in [0.29, 0.717) is 5.13 Å². The van der Waals surface area contributed by atoms with Crippen LogP contribution in [0.2, 0.25) is 0 Å². The lowest BCUT2D eigenvalue weighted by molar-refractivity contribution is -0.137. The Morgan fingerprint density at radius 2 is 2.03 bits per heavy atom. The fourth-order valence-electron chi connectivity index (χ4n) is 2.40. The van der Waals surface area contributed by atoms with Crippen LogP contribution in [0.5, 0.6) is 0 Å². The summed E-state index contributed by atoms with van der Waals surface area (Å²) in [7, 11) is -3.83. The number of nitrogens with one attached hydrogen (secondary N) is 1. The van der Waals surface area contributed by atoms with E-state index in [4.69, 9.17) is 0 Å². The van der Waals surface area contributed by atoms with Crippen LogP contribution in [0.1, 0.15) is 31.7 Å². The van der Waals surface area contributed by atoms with E-state index in [9.17, 15) is 26.4 Å². The van der Waals surface area contributed by atoms with E-state index >= 15 is 0 Å². The third kappa shape index (κ3) is 7.43. The molecule has 0 atom stereocenters. The quantitative estimate of drug-likeness (QED) is 0.402. The maximum absolute atomic E-state index is 12.9. The number of benzene rings is 1. The van der Waals surface area contributed by atoms with Gasteiger partial charge in [0, 0.05) is 18.7 Å². The van der Waals surface area contributed by atoms with Crippen molar-refractivity contribution in [3.8, 4) is 0 Å². The normalized spacial score (nSPS) is 12.0. The van der Waals surface area contributed by atoms with Gasteiger partial charge in [0.05, 0.1) is 17.5 Å². The molecule has 0 radical (unpaired) electrons. The molecule has 1 N–H and O–H groups in total. The van der Waals surface area contributed by atoms with Gasteiger partial charge < -0.3 is 5.32 Å². The molecule has 0 aliphatic heterocycles. The van der Waals surface area contributed by atoms with Crippen LogP contribution in [0.4, 0.5) is 24.0 Å². The summed E-state index contributed by atoms with van der Waals surface area (Å²) in [6.45, 7) is 1.90. The number of sulfonamides is 1. The average molecular weight is 483 g/mol. The maximum Gasteiger partial charge on any atom is 0.416 e. The fourth-order valence-corrected chi connectivity index (χ4v) is 5.05. The standard InChI is InChI=1S/C17H21F3N4O3S3/c1-3-10-28-16-23-22-15(29-16)21-14(25)8-5-9-24(30(2,26)27)13-7-4-6-12(11-13)17(18,19)20/h4,6-7,11H,3,5,8-10H2,1-2H3,(H,21,22,25). The van der Waals surface area contributed by atoms with Crippen molar-refractivity contribution in [2.24, 2.45) is 0 Å². The molecule has 7 nitrogen and oxygen atoms in total. The Bertz CT molecular complexity index is 964. The second-order valence-electron chi connectivity index (χ2n) is 6.26. The number of aromatic nitrogens is 2. The van der Waals surface area contributed by atoms with E-state index in [2.05, 4.69) is 15.5 Å². The summed E-state index contributed by atoms with van der Waals surface area (Å²) in [5.74, 6) is 0.509. The molecular weight excluding hydrogens is 461 g/mol. The molecule has 1 aromatic carbocycles. The lowest BCUT2D eigenvalue weighted by Gasteiger charge is -2.23. The lowest BCUT2D eigenvalue weighted by Crippen LogP contribution is -2.31. The largest absolute Gasteiger partial charge is 0.416 e. The number of nitrogens with zero attached hydrogens (tertiary/aromatic N) is 3. The number of alkyl halides is 3. The molecule has 0 aliphatic carbocycles. The van der Waals surface area contributed by atoms with Crippen LogP contribution in [0.15, 0.2) is 28.6 Å². The summed E-state index contributed by atoms with van der Waals surface area (Å²) >= 11 is 2.78. The third-order valence-corrected chi connectivity index (χ3v) is 7.08. The first-order valence-electron chi connectivity index (χ1n) is 8.92. The molecule has 0 unspecified atom stereocenters. The number of carbonyl (C=O) groups excluding carboxylic acids is 1. The Morgan fingerprint density at radius 1 is 1.30 bits per heavy atom. The number of thioether (sulfide) groups is 1. The molecule has 1 amide bonds. The fraction of sp³-hybridized carbons (Fsp3) is 0.471. The Kier molecular flexibility index (Phi) is 8.50. The van der Waals surface area contributed by atoms with E-state index < -0.39 is 21.8 Å². The number of carbonyl (C=O) groups is 1. The smallest absolute Gasteiger partial charge is 0.301 e. The lowest BCUT2D eigenvalue weighted by atomic mass is 10.2. The molecule has 0 saturated heterocycles. The molecule has 0 fully saturated rings. The minimum atomic E-state index is -4.59. The van der Waals surface area contributed by atoms with Crippen LogP contribution in [-0.4, -0.2) is 43.1 Å². The van der Waals surface area contributed by atoms with Crippen molar-refractivity contribution in [2.45, 2.75) is 36.7 Å². The van der Waals surface area contributed by atoms with Crippen molar-refractivity contribution in [1.82, 2.24) is 10.2 Å². The molecule has 2 rings (SSSR count). The molecule has 0 bridgehead atoms. The van der Waals surface area contributed by atoms with Gasteiger partial charge in [-0.1, -0.05) is 36.1 Å². The van der Waals surface area contributed by atoms with Crippen molar-refractivity contribution < 1.29 is 26.4 Å². The van der Waals surface area contributed by atoms with Gasteiger partial charge in [-0.05, 0) is 31.0 Å². The molecule has 13 heteroatoms. The summed E-state index contributed by atoms with van der Waals surface area (Å²) in [6, 6.07) is 4.07. The highest BCUT2D eigenvalue weighted by molar-refractivity contribution is 8.01. The molecule has 1 heterocycles. The number of rotatable bonds is 10. The van der Waals surface area contributed by atoms with Gasteiger partial charge in [0.25, 0.3) is 0 Å². The molecule has 30 heavy (non-hydrogen) atoms. The second-order valence-corrected chi connectivity index (χ2v) is 10.5. The van der Waals surface area contributed by atoms with Gasteiger partial charge in [0.1, 0.15) is 0 Å². The topological polar surface area (TPSA) is 92.3 Å². The molecule has 1 aromatic heterocycles. The highest BCUT2D eigenvalue weighted by Gasteiger charge is 2.31. The Balaban J connectivity index is 1.97. The number of hydrogen-bond acceptors (Lipinski definition) is 7. The zero-order valence-electron chi connectivity index (χ0n) is 16.3. The van der Waals surface area contributed by atoms with Gasteiger partial charge in [-0.3, -0.25) is 9.10 Å².